The summed E-state index contributed by atoms with van der Waals surface area (Å²) in [4.78, 5) is 13.2. The molecule has 82 valence electrons. The summed E-state index contributed by atoms with van der Waals surface area (Å²) >= 11 is 0. The summed E-state index contributed by atoms with van der Waals surface area (Å²) in [5.74, 6) is 0.252. The molecule has 0 aliphatic heterocycles. The van der Waals surface area contributed by atoms with Crippen LogP contribution in [0.25, 0.3) is 0 Å². The van der Waals surface area contributed by atoms with Gasteiger partial charge in [0.2, 0.25) is 0 Å². The molecular weight excluding hydrogens is 186 g/mol. The third-order valence-electron chi connectivity index (χ3n) is 2.57. The second-order valence-corrected chi connectivity index (χ2v) is 3.82. The second-order valence-electron chi connectivity index (χ2n) is 3.82. The van der Waals surface area contributed by atoms with Gasteiger partial charge in [-0.3, -0.25) is 4.79 Å². The van der Waals surface area contributed by atoms with Gasteiger partial charge in [0, 0.05) is 25.2 Å². The minimum Gasteiger partial charge on any atom is -0.371 e. The maximum absolute atomic E-state index is 11.0. The number of aryl methyl sites for hydroxylation is 1. The number of hydrogen-bond donors (Lipinski definition) is 0. The lowest BCUT2D eigenvalue weighted by Crippen LogP contribution is -2.25. The van der Waals surface area contributed by atoms with E-state index < -0.39 is 0 Å². The van der Waals surface area contributed by atoms with Crippen LogP contribution in [-0.2, 0) is 4.79 Å². The van der Waals surface area contributed by atoms with E-state index in [-0.39, 0.29) is 5.78 Å². The quantitative estimate of drug-likeness (QED) is 0.736. The van der Waals surface area contributed by atoms with Gasteiger partial charge in [-0.2, -0.15) is 0 Å². The van der Waals surface area contributed by atoms with Gasteiger partial charge in [-0.05, 0) is 32.4 Å². The molecule has 0 spiro atoms. The molecule has 0 bridgehead atoms. The summed E-state index contributed by atoms with van der Waals surface area (Å²) in [5.41, 5.74) is 2.50. The monoisotopic (exact) mass is 205 g/mol. The Bertz CT molecular complexity index is 333. The molecular formula is C13H19NO. The predicted octanol–water partition coefficient (Wildman–Crippen LogP) is 2.80. The Morgan fingerprint density at radius 1 is 1.33 bits per heavy atom. The van der Waals surface area contributed by atoms with Crippen molar-refractivity contribution < 1.29 is 4.79 Å². The van der Waals surface area contributed by atoms with E-state index in [0.29, 0.717) is 6.42 Å². The van der Waals surface area contributed by atoms with Gasteiger partial charge in [0.25, 0.3) is 0 Å². The van der Waals surface area contributed by atoms with Crippen molar-refractivity contribution >= 4 is 11.5 Å². The zero-order valence-electron chi connectivity index (χ0n) is 9.79. The lowest BCUT2D eigenvalue weighted by atomic mass is 10.1. The summed E-state index contributed by atoms with van der Waals surface area (Å²) in [6.45, 7) is 7.62. The highest BCUT2D eigenvalue weighted by Crippen LogP contribution is 2.19. The molecule has 0 fully saturated rings. The Morgan fingerprint density at radius 3 is 2.53 bits per heavy atom. The van der Waals surface area contributed by atoms with Crippen LogP contribution in [0.5, 0.6) is 0 Å². The normalized spacial score (nSPS) is 10.1. The Balaban J connectivity index is 2.74. The number of Topliss-reactive ketones (excluding diaryl/α,β-unsaturated/α-hetero) is 1. The van der Waals surface area contributed by atoms with E-state index in [1.54, 1.807) is 6.92 Å². The van der Waals surface area contributed by atoms with Crippen LogP contribution in [0.15, 0.2) is 24.3 Å². The van der Waals surface area contributed by atoms with E-state index in [1.807, 2.05) is 12.1 Å². The fraction of sp³-hybridized carbons (Fsp3) is 0.462. The molecule has 0 atom stereocenters. The smallest absolute Gasteiger partial charge is 0.131 e. The molecule has 2 heteroatoms. The summed E-state index contributed by atoms with van der Waals surface area (Å²) in [7, 11) is 0. The minimum atomic E-state index is 0.252. The number of carbonyl (C=O) groups excluding carboxylic acids is 1. The number of benzene rings is 1. The highest BCUT2D eigenvalue weighted by molar-refractivity contribution is 5.76. The van der Waals surface area contributed by atoms with Crippen LogP contribution in [0.2, 0.25) is 0 Å². The average Bonchev–Trinajstić information content (AvgIpc) is 2.21. The van der Waals surface area contributed by atoms with Crippen molar-refractivity contribution in [3.05, 3.63) is 29.8 Å². The first-order valence-electron chi connectivity index (χ1n) is 5.45. The molecule has 0 saturated carbocycles. The Morgan fingerprint density at radius 2 is 2.00 bits per heavy atom. The van der Waals surface area contributed by atoms with E-state index in [0.717, 1.165) is 13.1 Å². The fourth-order valence-corrected chi connectivity index (χ4v) is 1.66. The van der Waals surface area contributed by atoms with Crippen LogP contribution < -0.4 is 4.90 Å². The molecule has 2 nitrogen and oxygen atoms in total. The minimum absolute atomic E-state index is 0.252. The predicted molar refractivity (Wildman–Crippen MR) is 64.4 cm³/mol. The topological polar surface area (TPSA) is 20.3 Å². The molecule has 0 aliphatic carbocycles. The number of rotatable bonds is 5. The van der Waals surface area contributed by atoms with Crippen LogP contribution in [-0.4, -0.2) is 18.9 Å². The molecule has 15 heavy (non-hydrogen) atoms. The highest BCUT2D eigenvalue weighted by atomic mass is 16.1. The van der Waals surface area contributed by atoms with Gasteiger partial charge in [0.15, 0.2) is 0 Å². The molecule has 0 unspecified atom stereocenters. The summed E-state index contributed by atoms with van der Waals surface area (Å²) in [5, 5.41) is 0. The van der Waals surface area contributed by atoms with Crippen LogP contribution in [0, 0.1) is 6.92 Å². The van der Waals surface area contributed by atoms with Crippen molar-refractivity contribution in [2.75, 3.05) is 18.0 Å². The number of hydrogen-bond acceptors (Lipinski definition) is 2. The number of nitrogens with zero attached hydrogens (tertiary/aromatic N) is 1. The second kappa shape index (κ2) is 5.54. The highest BCUT2D eigenvalue weighted by Gasteiger charge is 2.06. The Labute approximate surface area is 91.9 Å². The van der Waals surface area contributed by atoms with E-state index in [1.165, 1.54) is 11.3 Å². The van der Waals surface area contributed by atoms with Gasteiger partial charge in [0.05, 0.1) is 0 Å². The maximum atomic E-state index is 11.0. The van der Waals surface area contributed by atoms with Crippen LogP contribution in [0.4, 0.5) is 5.69 Å². The molecule has 0 saturated heterocycles. The molecule has 0 N–H and O–H groups in total. The lowest BCUT2D eigenvalue weighted by Gasteiger charge is -2.24. The van der Waals surface area contributed by atoms with E-state index >= 15 is 0 Å². The summed E-state index contributed by atoms with van der Waals surface area (Å²) in [6, 6.07) is 8.29. The number of carbonyl (C=O) groups is 1. The molecule has 1 rings (SSSR count). The van der Waals surface area contributed by atoms with Gasteiger partial charge in [0.1, 0.15) is 5.78 Å². The van der Waals surface area contributed by atoms with Gasteiger partial charge in [-0.15, -0.1) is 0 Å². The lowest BCUT2D eigenvalue weighted by molar-refractivity contribution is -0.116. The average molecular weight is 205 g/mol. The third-order valence-corrected chi connectivity index (χ3v) is 2.57. The zero-order valence-corrected chi connectivity index (χ0v) is 9.79. The van der Waals surface area contributed by atoms with Gasteiger partial charge >= 0.3 is 0 Å². The molecule has 0 radical (unpaired) electrons. The number of ketones is 1. The summed E-state index contributed by atoms with van der Waals surface area (Å²) in [6.07, 6.45) is 0.627. The summed E-state index contributed by atoms with van der Waals surface area (Å²) < 4.78 is 0. The van der Waals surface area contributed by atoms with Crippen molar-refractivity contribution in [2.24, 2.45) is 0 Å². The fourth-order valence-electron chi connectivity index (χ4n) is 1.66. The largest absolute Gasteiger partial charge is 0.371 e. The Kier molecular flexibility index (Phi) is 4.35. The van der Waals surface area contributed by atoms with Crippen molar-refractivity contribution in [1.82, 2.24) is 0 Å². The molecule has 0 amide bonds. The third kappa shape index (κ3) is 3.39. The first-order chi connectivity index (χ1) is 7.15. The standard InChI is InChI=1S/C13H19NO/c1-4-14(10-9-12(3)15)13-8-6-5-7-11(13)2/h5-8H,4,9-10H2,1-3H3. The SMILES string of the molecule is CCN(CCC(C)=O)c1ccccc1C. The number of para-hydroxylation sites is 1. The molecule has 1 aromatic rings. The van der Waals surface area contributed by atoms with Crippen molar-refractivity contribution in [1.29, 1.82) is 0 Å². The van der Waals surface area contributed by atoms with Gasteiger partial charge in [-0.25, -0.2) is 0 Å². The van der Waals surface area contributed by atoms with Gasteiger partial charge < -0.3 is 4.90 Å². The zero-order chi connectivity index (χ0) is 11.3. The van der Waals surface area contributed by atoms with E-state index in [4.69, 9.17) is 0 Å². The van der Waals surface area contributed by atoms with Crippen LogP contribution in [0.3, 0.4) is 0 Å². The molecule has 0 heterocycles. The van der Waals surface area contributed by atoms with Crippen molar-refractivity contribution in [3.8, 4) is 0 Å². The van der Waals surface area contributed by atoms with E-state index in [9.17, 15) is 4.79 Å². The van der Waals surface area contributed by atoms with E-state index in [2.05, 4.69) is 30.9 Å². The number of anilines is 1. The van der Waals surface area contributed by atoms with Crippen molar-refractivity contribution in [3.63, 3.8) is 0 Å². The van der Waals surface area contributed by atoms with Crippen molar-refractivity contribution in [2.45, 2.75) is 27.2 Å². The van der Waals surface area contributed by atoms with Crippen LogP contribution in [0.1, 0.15) is 25.8 Å². The molecule has 1 aromatic carbocycles. The van der Waals surface area contributed by atoms with Crippen LogP contribution >= 0.6 is 0 Å². The maximum Gasteiger partial charge on any atom is 0.131 e. The Hall–Kier alpha value is -1.31. The van der Waals surface area contributed by atoms with Gasteiger partial charge in [-0.1, -0.05) is 18.2 Å². The first-order valence-corrected chi connectivity index (χ1v) is 5.45. The molecule has 0 aromatic heterocycles. The molecule has 0 aliphatic rings. The first kappa shape index (κ1) is 11.8.